The van der Waals surface area contributed by atoms with E-state index in [9.17, 15) is 30.1 Å². The molecule has 0 aliphatic heterocycles. The number of rotatable bonds is 6. The molecule has 0 spiro atoms. The van der Waals surface area contributed by atoms with Crippen LogP contribution in [0.1, 0.15) is 18.4 Å². The number of nitrogens with zero attached hydrogens (tertiary/aromatic N) is 1. The molecule has 1 aliphatic rings. The first-order valence-corrected chi connectivity index (χ1v) is 9.24. The Bertz CT molecular complexity index is 808. The van der Waals surface area contributed by atoms with E-state index in [1.807, 2.05) is 0 Å². The predicted molar refractivity (Wildman–Crippen MR) is 92.6 cm³/mol. The lowest BCUT2D eigenvalue weighted by Gasteiger charge is -2.32. The molecule has 0 amide bonds. The number of phenols is 1. The molecular weight excluding hydrogens is 365 g/mol. The third-order valence-electron chi connectivity index (χ3n) is 3.81. The largest absolute Gasteiger partial charge is 0.511 e. The lowest BCUT2D eigenvalue weighted by molar-refractivity contribution is -0.186. The molecule has 1 atom stereocenters. The number of benzene rings is 1. The van der Waals surface area contributed by atoms with Gasteiger partial charge in [-0.15, -0.1) is 0 Å². The Hall–Kier alpha value is -2.16. The molecule has 0 heterocycles. The summed E-state index contributed by atoms with van der Waals surface area (Å²) in [7, 11) is -4.93. The smallest absolute Gasteiger partial charge is 0.448 e. The molecular formula is C16H20NO8P. The summed E-state index contributed by atoms with van der Waals surface area (Å²) in [6.45, 7) is 0. The highest BCUT2D eigenvalue weighted by Crippen LogP contribution is 2.41. The van der Waals surface area contributed by atoms with Gasteiger partial charge in [0.15, 0.2) is 5.79 Å². The number of aliphatic hydroxyl groups is 4. The highest BCUT2D eigenvalue weighted by atomic mass is 31.2. The maximum Gasteiger partial charge on any atom is 0.448 e. The number of aromatic hydroxyl groups is 1. The van der Waals surface area contributed by atoms with Gasteiger partial charge in [0.05, 0.1) is 5.71 Å². The quantitative estimate of drug-likeness (QED) is 0.285. The van der Waals surface area contributed by atoms with Crippen LogP contribution >= 0.6 is 7.75 Å². The maximum absolute atomic E-state index is 11.1. The fraction of sp³-hybridized carbons (Fsp3) is 0.312. The second-order valence-corrected chi connectivity index (χ2v) is 7.24. The summed E-state index contributed by atoms with van der Waals surface area (Å²) in [5, 5.41) is 49.6. The van der Waals surface area contributed by atoms with E-state index < -0.39 is 36.7 Å². The van der Waals surface area contributed by atoms with Gasteiger partial charge in [-0.2, -0.15) is 4.76 Å². The van der Waals surface area contributed by atoms with Crippen molar-refractivity contribution in [2.24, 2.45) is 10.7 Å². The molecule has 0 aromatic heterocycles. The molecule has 0 bridgehead atoms. The Morgan fingerprint density at radius 2 is 1.81 bits per heavy atom. The molecule has 10 heteroatoms. The summed E-state index contributed by atoms with van der Waals surface area (Å²) in [6.07, 6.45) is 2.05. The molecule has 0 fully saturated rings. The number of hydrogen-bond acceptors (Lipinski definition) is 6. The highest BCUT2D eigenvalue weighted by molar-refractivity contribution is 7.50. The van der Waals surface area contributed by atoms with Crippen molar-refractivity contribution in [2.75, 3.05) is 0 Å². The third kappa shape index (κ3) is 5.42. The number of phenolic OH excluding ortho intramolecular Hbond substituents is 1. The number of hydrogen-bond donors (Lipinski definition) is 7. The second-order valence-electron chi connectivity index (χ2n) is 6.01. The van der Waals surface area contributed by atoms with Crippen LogP contribution in [0.3, 0.4) is 0 Å². The lowest BCUT2D eigenvalue weighted by atomic mass is 9.84. The molecule has 0 radical (unpaired) electrons. The van der Waals surface area contributed by atoms with Crippen molar-refractivity contribution in [1.82, 2.24) is 0 Å². The van der Waals surface area contributed by atoms with Crippen molar-refractivity contribution in [3.05, 3.63) is 53.5 Å². The first-order chi connectivity index (χ1) is 12.0. The van der Waals surface area contributed by atoms with Crippen LogP contribution in [0, 0.1) is 5.92 Å². The second kappa shape index (κ2) is 7.61. The van der Waals surface area contributed by atoms with E-state index in [-0.39, 0.29) is 18.6 Å². The average Bonchev–Trinajstić information content (AvgIpc) is 2.43. The molecule has 26 heavy (non-hydrogen) atoms. The summed E-state index contributed by atoms with van der Waals surface area (Å²) >= 11 is 0. The van der Waals surface area contributed by atoms with Gasteiger partial charge in [-0.05, 0) is 30.5 Å². The fourth-order valence-electron chi connectivity index (χ4n) is 2.78. The van der Waals surface area contributed by atoms with E-state index in [0.717, 1.165) is 17.7 Å². The van der Waals surface area contributed by atoms with Crippen LogP contribution in [0.15, 0.2) is 52.7 Å². The van der Waals surface area contributed by atoms with Gasteiger partial charge in [0, 0.05) is 18.6 Å². The van der Waals surface area contributed by atoms with Crippen molar-refractivity contribution < 1.29 is 39.9 Å². The molecule has 0 saturated carbocycles. The van der Waals surface area contributed by atoms with Gasteiger partial charge < -0.3 is 35.3 Å². The molecule has 1 aromatic carbocycles. The normalized spacial score (nSPS) is 20.0. The van der Waals surface area contributed by atoms with Crippen molar-refractivity contribution in [3.63, 3.8) is 0 Å². The summed E-state index contributed by atoms with van der Waals surface area (Å²) < 4.78 is 14.2. The van der Waals surface area contributed by atoms with Crippen LogP contribution in [0.4, 0.5) is 0 Å². The van der Waals surface area contributed by atoms with E-state index in [0.29, 0.717) is 6.42 Å². The van der Waals surface area contributed by atoms with E-state index >= 15 is 0 Å². The fourth-order valence-corrected chi connectivity index (χ4v) is 3.26. The van der Waals surface area contributed by atoms with Crippen molar-refractivity contribution >= 4 is 13.5 Å². The van der Waals surface area contributed by atoms with Gasteiger partial charge in [-0.1, -0.05) is 12.1 Å². The number of aliphatic hydroxyl groups excluding tert-OH is 2. The van der Waals surface area contributed by atoms with Crippen LogP contribution in [-0.2, 0) is 11.0 Å². The van der Waals surface area contributed by atoms with Crippen LogP contribution in [0.5, 0.6) is 5.75 Å². The van der Waals surface area contributed by atoms with E-state index in [2.05, 4.69) is 4.76 Å². The number of aryl methyl sites for hydroxylation is 1. The van der Waals surface area contributed by atoms with Crippen molar-refractivity contribution in [2.45, 2.75) is 25.0 Å². The zero-order chi connectivity index (χ0) is 19.5. The van der Waals surface area contributed by atoms with Gasteiger partial charge in [0.2, 0.25) is 0 Å². The number of allylic oxidation sites excluding steroid dienone is 2. The first kappa shape index (κ1) is 20.2. The summed E-state index contributed by atoms with van der Waals surface area (Å²) in [5.74, 6) is -5.33. The van der Waals surface area contributed by atoms with Gasteiger partial charge in [-0.3, -0.25) is 0 Å². The minimum Gasteiger partial charge on any atom is -0.511 e. The Morgan fingerprint density at radius 3 is 2.42 bits per heavy atom. The Labute approximate surface area is 149 Å². The predicted octanol–water partition coefficient (Wildman–Crippen LogP) is 1.44. The first-order valence-electron chi connectivity index (χ1n) is 7.67. The summed E-state index contributed by atoms with van der Waals surface area (Å²) in [5.41, 5.74) is 0.212. The molecule has 142 valence electrons. The van der Waals surface area contributed by atoms with Crippen molar-refractivity contribution in [3.8, 4) is 5.75 Å². The molecule has 1 aliphatic carbocycles. The SMILES string of the molecule is O=P(O)(O)N=C1C=C(O)C=C(O)C1C(O)(O)CCCc1cccc(O)c1. The Morgan fingerprint density at radius 1 is 1.12 bits per heavy atom. The van der Waals surface area contributed by atoms with E-state index in [4.69, 9.17) is 9.79 Å². The minimum atomic E-state index is -4.93. The minimum absolute atomic E-state index is 0.0753. The summed E-state index contributed by atoms with van der Waals surface area (Å²) in [4.78, 5) is 18.0. The molecule has 2 rings (SSSR count). The summed E-state index contributed by atoms with van der Waals surface area (Å²) in [6, 6.07) is 6.41. The molecule has 9 nitrogen and oxygen atoms in total. The van der Waals surface area contributed by atoms with Crippen molar-refractivity contribution in [1.29, 1.82) is 0 Å². The van der Waals surface area contributed by atoms with Crippen LogP contribution in [0.25, 0.3) is 0 Å². The van der Waals surface area contributed by atoms with Gasteiger partial charge >= 0.3 is 7.75 Å². The monoisotopic (exact) mass is 385 g/mol. The Balaban J connectivity index is 2.17. The van der Waals surface area contributed by atoms with Gasteiger partial charge in [0.1, 0.15) is 23.2 Å². The van der Waals surface area contributed by atoms with Gasteiger partial charge in [-0.25, -0.2) is 4.57 Å². The lowest BCUT2D eigenvalue weighted by Crippen LogP contribution is -2.44. The van der Waals surface area contributed by atoms with Crippen LogP contribution < -0.4 is 0 Å². The topological polar surface area (TPSA) is 171 Å². The standard InChI is InChI=1S/C16H20NO8P/c18-11-5-1-3-10(7-11)4-2-6-16(21,22)15-13(17-26(23,24)25)8-12(19)9-14(15)20/h1,3,5,7-9,15,18-22H,2,4,6H2,(H2,23,24,25). The molecule has 1 aromatic rings. The van der Waals surface area contributed by atoms with Crippen LogP contribution in [-0.4, -0.2) is 46.8 Å². The van der Waals surface area contributed by atoms with E-state index in [1.54, 1.807) is 12.1 Å². The molecule has 0 saturated heterocycles. The third-order valence-corrected chi connectivity index (χ3v) is 4.30. The zero-order valence-corrected chi connectivity index (χ0v) is 14.5. The molecule has 1 unspecified atom stereocenters. The highest BCUT2D eigenvalue weighted by Gasteiger charge is 2.42. The maximum atomic E-state index is 11.1. The zero-order valence-electron chi connectivity index (χ0n) is 13.6. The van der Waals surface area contributed by atoms with E-state index in [1.165, 1.54) is 12.1 Å². The Kier molecular flexibility index (Phi) is 5.90. The van der Waals surface area contributed by atoms with Gasteiger partial charge in [0.25, 0.3) is 0 Å². The van der Waals surface area contributed by atoms with Crippen LogP contribution in [0.2, 0.25) is 0 Å². The molecule has 7 N–H and O–H groups in total. The average molecular weight is 385 g/mol.